The van der Waals surface area contributed by atoms with Crippen LogP contribution in [-0.2, 0) is 0 Å². The van der Waals surface area contributed by atoms with Crippen LogP contribution < -0.4 is 0 Å². The molecule has 0 aliphatic heterocycles. The Kier molecular flexibility index (Phi) is 7.70. The molecule has 0 amide bonds. The Hall–Kier alpha value is 0.217. The zero-order valence-electron chi connectivity index (χ0n) is 13.6. The summed E-state index contributed by atoms with van der Waals surface area (Å²) in [6.07, 6.45) is 5.52. The van der Waals surface area contributed by atoms with Crippen molar-refractivity contribution in [1.82, 2.24) is 0 Å². The van der Waals surface area contributed by atoms with Crippen LogP contribution in [0.15, 0.2) is 0 Å². The minimum atomic E-state index is -1.21. The maximum atomic E-state index is 2.55. The molecule has 0 rings (SSSR count). The average molecular weight is 257 g/mol. The highest BCUT2D eigenvalue weighted by Gasteiger charge is 2.48. The molecule has 0 aromatic carbocycles. The van der Waals surface area contributed by atoms with Gasteiger partial charge in [-0.15, -0.1) is 0 Å². The Morgan fingerprint density at radius 1 is 0.529 bits per heavy atom. The van der Waals surface area contributed by atoms with Gasteiger partial charge in [0.2, 0.25) is 0 Å². The van der Waals surface area contributed by atoms with Crippen LogP contribution in [0.1, 0.15) is 81.1 Å². The first-order valence-corrected chi connectivity index (χ1v) is 10.2. The third-order valence-electron chi connectivity index (χ3n) is 5.86. The number of hydrogen-bond donors (Lipinski definition) is 0. The minimum Gasteiger partial charge on any atom is -0.0654 e. The van der Waals surface area contributed by atoms with Crippen molar-refractivity contribution in [2.45, 2.75) is 103 Å². The summed E-state index contributed by atoms with van der Waals surface area (Å²) in [6.45, 7) is 19.8. The van der Waals surface area contributed by atoms with Gasteiger partial charge in [0.25, 0.3) is 0 Å². The largest absolute Gasteiger partial charge is 0.0654 e. The molecule has 17 heavy (non-hydrogen) atoms. The van der Waals surface area contributed by atoms with Crippen LogP contribution >= 0.6 is 0 Å². The molecule has 0 aromatic heterocycles. The van der Waals surface area contributed by atoms with Crippen molar-refractivity contribution in [2.24, 2.45) is 0 Å². The van der Waals surface area contributed by atoms with E-state index in [-0.39, 0.29) is 0 Å². The molecule has 0 heterocycles. The fourth-order valence-electron chi connectivity index (χ4n) is 4.33. The predicted molar refractivity (Wildman–Crippen MR) is 84.6 cm³/mol. The van der Waals surface area contributed by atoms with Crippen LogP contribution in [0.2, 0.25) is 22.2 Å². The molecule has 0 saturated heterocycles. The summed E-state index contributed by atoms with van der Waals surface area (Å²) in [5, 5.41) is 0. The van der Waals surface area contributed by atoms with E-state index >= 15 is 0 Å². The van der Waals surface area contributed by atoms with E-state index in [4.69, 9.17) is 0 Å². The summed E-state index contributed by atoms with van der Waals surface area (Å²) in [7, 11) is -1.21. The Labute approximate surface area is 112 Å². The second kappa shape index (κ2) is 7.61. The van der Waals surface area contributed by atoms with Crippen LogP contribution in [-0.4, -0.2) is 8.07 Å². The first kappa shape index (κ1) is 17.2. The van der Waals surface area contributed by atoms with E-state index in [1.807, 2.05) is 0 Å². The monoisotopic (exact) mass is 256 g/mol. The smallest absolute Gasteiger partial charge is 0.0648 e. The van der Waals surface area contributed by atoms with Crippen LogP contribution in [0.5, 0.6) is 0 Å². The quantitative estimate of drug-likeness (QED) is 0.427. The van der Waals surface area contributed by atoms with Crippen molar-refractivity contribution >= 4 is 8.07 Å². The predicted octanol–water partition coefficient (Wildman–Crippen LogP) is 6.64. The summed E-state index contributed by atoms with van der Waals surface area (Å²) in [5.74, 6) is 0. The molecule has 4 atom stereocenters. The standard InChI is InChI=1S/C16H36Si/c1-9-13(5)17(14(6)10-2,15(7)11-3)16(8)12-4/h13-16H,9-12H2,1-8H3. The summed E-state index contributed by atoms with van der Waals surface area (Å²) < 4.78 is 0. The van der Waals surface area contributed by atoms with Crippen molar-refractivity contribution in [2.75, 3.05) is 0 Å². The van der Waals surface area contributed by atoms with Gasteiger partial charge in [-0.2, -0.15) is 0 Å². The van der Waals surface area contributed by atoms with Gasteiger partial charge in [-0.05, 0) is 22.2 Å². The number of rotatable bonds is 8. The Morgan fingerprint density at radius 3 is 0.824 bits per heavy atom. The third kappa shape index (κ3) is 3.16. The van der Waals surface area contributed by atoms with Gasteiger partial charge in [0.05, 0.1) is 8.07 Å². The lowest BCUT2D eigenvalue weighted by Crippen LogP contribution is -2.50. The molecule has 0 saturated carbocycles. The van der Waals surface area contributed by atoms with Crippen molar-refractivity contribution in [1.29, 1.82) is 0 Å². The average Bonchev–Trinajstić information content (AvgIpc) is 2.37. The van der Waals surface area contributed by atoms with Gasteiger partial charge in [-0.25, -0.2) is 0 Å². The summed E-state index contributed by atoms with van der Waals surface area (Å²) >= 11 is 0. The molecule has 0 radical (unpaired) electrons. The molecule has 0 bridgehead atoms. The molecular formula is C16H36Si. The molecule has 0 fully saturated rings. The maximum absolute atomic E-state index is 2.55. The normalized spacial score (nSPS) is 22.6. The lowest BCUT2D eigenvalue weighted by molar-refractivity contribution is 0.632. The van der Waals surface area contributed by atoms with Gasteiger partial charge in [0.15, 0.2) is 0 Å². The van der Waals surface area contributed by atoms with Gasteiger partial charge in [-0.1, -0.05) is 81.1 Å². The Bertz CT molecular complexity index is 154. The van der Waals surface area contributed by atoms with E-state index in [2.05, 4.69) is 55.4 Å². The molecule has 4 unspecified atom stereocenters. The van der Waals surface area contributed by atoms with Crippen molar-refractivity contribution in [3.8, 4) is 0 Å². The van der Waals surface area contributed by atoms with Crippen LogP contribution in [0.4, 0.5) is 0 Å². The zero-order valence-corrected chi connectivity index (χ0v) is 14.6. The highest BCUT2D eigenvalue weighted by molar-refractivity contribution is 6.84. The fraction of sp³-hybridized carbons (Fsp3) is 1.00. The third-order valence-corrected chi connectivity index (χ3v) is 14.3. The summed E-state index contributed by atoms with van der Waals surface area (Å²) in [4.78, 5) is 0. The van der Waals surface area contributed by atoms with Gasteiger partial charge in [-0.3, -0.25) is 0 Å². The second-order valence-electron chi connectivity index (χ2n) is 6.24. The van der Waals surface area contributed by atoms with E-state index in [1.54, 1.807) is 0 Å². The summed E-state index contributed by atoms with van der Waals surface area (Å²) in [5.41, 5.74) is 3.90. The molecule has 0 aliphatic carbocycles. The van der Waals surface area contributed by atoms with E-state index in [0.29, 0.717) is 0 Å². The number of hydrogen-bond acceptors (Lipinski definition) is 0. The highest BCUT2D eigenvalue weighted by Crippen LogP contribution is 2.53. The minimum absolute atomic E-state index is 0.974. The fourth-order valence-corrected chi connectivity index (χ4v) is 13.0. The SMILES string of the molecule is CCC(C)[Si](C(C)CC)(C(C)CC)C(C)CC. The lowest BCUT2D eigenvalue weighted by Gasteiger charge is -2.50. The molecule has 104 valence electrons. The van der Waals surface area contributed by atoms with Gasteiger partial charge in [0, 0.05) is 0 Å². The molecule has 0 aromatic rings. The van der Waals surface area contributed by atoms with Gasteiger partial charge >= 0.3 is 0 Å². The van der Waals surface area contributed by atoms with Crippen LogP contribution in [0, 0.1) is 0 Å². The Balaban J connectivity index is 5.51. The van der Waals surface area contributed by atoms with Crippen molar-refractivity contribution < 1.29 is 0 Å². The lowest BCUT2D eigenvalue weighted by atomic mass is 10.3. The van der Waals surface area contributed by atoms with Crippen LogP contribution in [0.25, 0.3) is 0 Å². The zero-order chi connectivity index (χ0) is 13.6. The topological polar surface area (TPSA) is 0 Å². The van der Waals surface area contributed by atoms with Crippen molar-refractivity contribution in [3.05, 3.63) is 0 Å². The molecule has 0 nitrogen and oxygen atoms in total. The Morgan fingerprint density at radius 2 is 0.706 bits per heavy atom. The molecule has 1 heteroatoms. The molecule has 0 aliphatic rings. The first-order chi connectivity index (χ1) is 7.93. The van der Waals surface area contributed by atoms with E-state index in [1.165, 1.54) is 25.7 Å². The van der Waals surface area contributed by atoms with Gasteiger partial charge < -0.3 is 0 Å². The highest BCUT2D eigenvalue weighted by atomic mass is 28.3. The summed E-state index contributed by atoms with van der Waals surface area (Å²) in [6, 6.07) is 0. The second-order valence-corrected chi connectivity index (χ2v) is 12.2. The molecular weight excluding hydrogens is 220 g/mol. The van der Waals surface area contributed by atoms with E-state index < -0.39 is 8.07 Å². The van der Waals surface area contributed by atoms with Gasteiger partial charge in [0.1, 0.15) is 0 Å². The van der Waals surface area contributed by atoms with E-state index in [9.17, 15) is 0 Å². The van der Waals surface area contributed by atoms with E-state index in [0.717, 1.165) is 22.2 Å². The molecule has 0 N–H and O–H groups in total. The maximum Gasteiger partial charge on any atom is 0.0648 e. The molecule has 0 spiro atoms. The van der Waals surface area contributed by atoms with Crippen molar-refractivity contribution in [3.63, 3.8) is 0 Å². The van der Waals surface area contributed by atoms with Crippen LogP contribution in [0.3, 0.4) is 0 Å². The first-order valence-electron chi connectivity index (χ1n) is 7.93.